The summed E-state index contributed by atoms with van der Waals surface area (Å²) in [5, 5.41) is 6.22. The topological polar surface area (TPSA) is 79.8 Å². The molecule has 1 amide bonds. The maximum atomic E-state index is 12.2. The van der Waals surface area contributed by atoms with Crippen LogP contribution in [0.5, 0.6) is 0 Å². The second kappa shape index (κ2) is 6.98. The first kappa shape index (κ1) is 14.4. The van der Waals surface area contributed by atoms with Crippen LogP contribution in [0.2, 0.25) is 0 Å². The van der Waals surface area contributed by atoms with Gasteiger partial charge in [-0.1, -0.05) is 12.8 Å². The lowest BCUT2D eigenvalue weighted by molar-refractivity contribution is 0.0946. The van der Waals surface area contributed by atoms with Crippen molar-refractivity contribution >= 4 is 11.7 Å². The molecule has 1 saturated carbocycles. The molecule has 0 aliphatic heterocycles. The molecule has 0 atom stereocenters. The Balaban J connectivity index is 1.59. The third kappa shape index (κ3) is 3.78. The summed E-state index contributed by atoms with van der Waals surface area (Å²) in [4.78, 5) is 24.4. The van der Waals surface area contributed by atoms with E-state index in [9.17, 15) is 4.79 Å². The molecular formula is C16H19N5O. The van der Waals surface area contributed by atoms with Gasteiger partial charge in [0, 0.05) is 31.0 Å². The van der Waals surface area contributed by atoms with Gasteiger partial charge in [-0.2, -0.15) is 0 Å². The van der Waals surface area contributed by atoms with Crippen molar-refractivity contribution in [2.45, 2.75) is 38.3 Å². The first-order chi connectivity index (χ1) is 10.8. The van der Waals surface area contributed by atoms with Crippen LogP contribution in [-0.4, -0.2) is 26.9 Å². The van der Waals surface area contributed by atoms with E-state index in [1.165, 1.54) is 19.2 Å². The van der Waals surface area contributed by atoms with Crippen molar-refractivity contribution in [2.24, 2.45) is 0 Å². The van der Waals surface area contributed by atoms with Crippen LogP contribution in [0.3, 0.4) is 0 Å². The van der Waals surface area contributed by atoms with Crippen molar-refractivity contribution < 1.29 is 4.79 Å². The molecule has 0 spiro atoms. The van der Waals surface area contributed by atoms with Gasteiger partial charge < -0.3 is 10.6 Å². The number of hydrogen-bond donors (Lipinski definition) is 2. The van der Waals surface area contributed by atoms with Gasteiger partial charge in [-0.3, -0.25) is 9.78 Å². The Hall–Kier alpha value is -2.50. The molecule has 2 aromatic heterocycles. The summed E-state index contributed by atoms with van der Waals surface area (Å²) in [5.74, 6) is 0.518. The average molecular weight is 297 g/mol. The summed E-state index contributed by atoms with van der Waals surface area (Å²) in [6, 6.07) is 5.91. The van der Waals surface area contributed by atoms with E-state index in [1.807, 2.05) is 12.1 Å². The lowest BCUT2D eigenvalue weighted by Crippen LogP contribution is -2.24. The van der Waals surface area contributed by atoms with E-state index in [-0.39, 0.29) is 5.91 Å². The lowest BCUT2D eigenvalue weighted by Gasteiger charge is -2.12. The van der Waals surface area contributed by atoms with Crippen molar-refractivity contribution in [1.29, 1.82) is 0 Å². The number of hydrogen-bond acceptors (Lipinski definition) is 5. The van der Waals surface area contributed by atoms with Crippen molar-refractivity contribution in [3.05, 3.63) is 48.2 Å². The number of amides is 1. The zero-order valence-electron chi connectivity index (χ0n) is 12.3. The fraction of sp³-hybridized carbons (Fsp3) is 0.375. The zero-order valence-corrected chi connectivity index (χ0v) is 12.3. The molecule has 114 valence electrons. The van der Waals surface area contributed by atoms with Gasteiger partial charge in [0.05, 0.1) is 0 Å². The van der Waals surface area contributed by atoms with E-state index >= 15 is 0 Å². The smallest absolute Gasteiger partial charge is 0.270 e. The second-order valence-electron chi connectivity index (χ2n) is 5.45. The molecule has 22 heavy (non-hydrogen) atoms. The summed E-state index contributed by atoms with van der Waals surface area (Å²) in [6.07, 6.45) is 9.66. The van der Waals surface area contributed by atoms with Gasteiger partial charge in [-0.15, -0.1) is 0 Å². The highest BCUT2D eigenvalue weighted by molar-refractivity contribution is 5.92. The van der Waals surface area contributed by atoms with Crippen LogP contribution in [0.25, 0.3) is 0 Å². The molecule has 6 nitrogen and oxygen atoms in total. The molecule has 2 N–H and O–H groups in total. The van der Waals surface area contributed by atoms with E-state index in [4.69, 9.17) is 0 Å². The number of rotatable bonds is 5. The van der Waals surface area contributed by atoms with Gasteiger partial charge in [0.1, 0.15) is 17.8 Å². The Morgan fingerprint density at radius 3 is 2.73 bits per heavy atom. The lowest BCUT2D eigenvalue weighted by atomic mass is 10.2. The fourth-order valence-electron chi connectivity index (χ4n) is 2.61. The highest BCUT2D eigenvalue weighted by Crippen LogP contribution is 2.21. The van der Waals surface area contributed by atoms with E-state index in [0.29, 0.717) is 18.3 Å². The fourth-order valence-corrected chi connectivity index (χ4v) is 2.61. The maximum Gasteiger partial charge on any atom is 0.270 e. The number of carbonyl (C=O) groups is 1. The molecular weight excluding hydrogens is 278 g/mol. The molecule has 1 fully saturated rings. The van der Waals surface area contributed by atoms with Gasteiger partial charge in [0.25, 0.3) is 5.91 Å². The molecule has 2 heterocycles. The molecule has 0 aromatic carbocycles. The predicted molar refractivity (Wildman–Crippen MR) is 83.3 cm³/mol. The molecule has 2 aromatic rings. The summed E-state index contributed by atoms with van der Waals surface area (Å²) in [7, 11) is 0. The molecule has 0 radical (unpaired) electrons. The van der Waals surface area contributed by atoms with Gasteiger partial charge in [0.2, 0.25) is 0 Å². The number of anilines is 1. The quantitative estimate of drug-likeness (QED) is 0.884. The number of aromatic nitrogens is 3. The number of carbonyl (C=O) groups excluding carboxylic acids is 1. The minimum absolute atomic E-state index is 0.200. The Morgan fingerprint density at radius 2 is 1.95 bits per heavy atom. The van der Waals surface area contributed by atoms with E-state index in [2.05, 4.69) is 25.6 Å². The Morgan fingerprint density at radius 1 is 1.18 bits per heavy atom. The first-order valence-electron chi connectivity index (χ1n) is 7.57. The van der Waals surface area contributed by atoms with Gasteiger partial charge >= 0.3 is 0 Å². The average Bonchev–Trinajstić information content (AvgIpc) is 3.07. The van der Waals surface area contributed by atoms with Crippen LogP contribution in [0.1, 0.15) is 41.7 Å². The number of nitrogens with one attached hydrogen (secondary N) is 2. The highest BCUT2D eigenvalue weighted by Gasteiger charge is 2.16. The molecule has 0 bridgehead atoms. The van der Waals surface area contributed by atoms with Gasteiger partial charge in [0.15, 0.2) is 0 Å². The molecule has 1 aliphatic rings. The van der Waals surface area contributed by atoms with Gasteiger partial charge in [-0.25, -0.2) is 9.97 Å². The van der Waals surface area contributed by atoms with Crippen molar-refractivity contribution in [1.82, 2.24) is 20.3 Å². The summed E-state index contributed by atoms with van der Waals surface area (Å²) in [6.45, 7) is 0.455. The summed E-state index contributed by atoms with van der Waals surface area (Å²) in [5.41, 5.74) is 1.38. The number of pyridine rings is 1. The Labute approximate surface area is 129 Å². The van der Waals surface area contributed by atoms with Crippen LogP contribution < -0.4 is 10.6 Å². The van der Waals surface area contributed by atoms with E-state index in [0.717, 1.165) is 24.2 Å². The molecule has 0 saturated heterocycles. The minimum Gasteiger partial charge on any atom is -0.367 e. The standard InChI is InChI=1S/C16H19N5O/c22-16(18-10-12-5-7-17-8-6-12)14-9-15(20-11-19-14)21-13-3-1-2-4-13/h5-9,11,13H,1-4,10H2,(H,18,22)(H,19,20,21). The van der Waals surface area contributed by atoms with Crippen LogP contribution in [0.4, 0.5) is 5.82 Å². The van der Waals surface area contributed by atoms with Crippen LogP contribution in [-0.2, 0) is 6.54 Å². The molecule has 1 aliphatic carbocycles. The van der Waals surface area contributed by atoms with Crippen molar-refractivity contribution in [2.75, 3.05) is 5.32 Å². The molecule has 6 heteroatoms. The van der Waals surface area contributed by atoms with Crippen LogP contribution in [0, 0.1) is 0 Å². The van der Waals surface area contributed by atoms with Crippen molar-refractivity contribution in [3.63, 3.8) is 0 Å². The summed E-state index contributed by atoms with van der Waals surface area (Å²) < 4.78 is 0. The van der Waals surface area contributed by atoms with Crippen molar-refractivity contribution in [3.8, 4) is 0 Å². The number of nitrogens with zero attached hydrogens (tertiary/aromatic N) is 3. The first-order valence-corrected chi connectivity index (χ1v) is 7.57. The second-order valence-corrected chi connectivity index (χ2v) is 5.45. The van der Waals surface area contributed by atoms with E-state index in [1.54, 1.807) is 18.5 Å². The zero-order chi connectivity index (χ0) is 15.2. The van der Waals surface area contributed by atoms with Gasteiger partial charge in [-0.05, 0) is 30.5 Å². The molecule has 3 rings (SSSR count). The third-order valence-electron chi connectivity index (χ3n) is 3.81. The SMILES string of the molecule is O=C(NCc1ccncc1)c1cc(NC2CCCC2)ncn1. The van der Waals surface area contributed by atoms with Crippen LogP contribution >= 0.6 is 0 Å². The van der Waals surface area contributed by atoms with E-state index < -0.39 is 0 Å². The normalized spacial score (nSPS) is 14.7. The highest BCUT2D eigenvalue weighted by atomic mass is 16.1. The maximum absolute atomic E-state index is 12.2. The minimum atomic E-state index is -0.200. The monoisotopic (exact) mass is 297 g/mol. The Kier molecular flexibility index (Phi) is 4.58. The molecule has 0 unspecified atom stereocenters. The Bertz CT molecular complexity index is 625. The van der Waals surface area contributed by atoms with Crippen LogP contribution in [0.15, 0.2) is 36.9 Å². The summed E-state index contributed by atoms with van der Waals surface area (Å²) >= 11 is 0. The third-order valence-corrected chi connectivity index (χ3v) is 3.81. The predicted octanol–water partition coefficient (Wildman–Crippen LogP) is 2.16. The largest absolute Gasteiger partial charge is 0.367 e.